The molecule has 0 aliphatic heterocycles. The minimum atomic E-state index is -0.337. The van der Waals surface area contributed by atoms with Crippen molar-refractivity contribution in [1.29, 1.82) is 0 Å². The van der Waals surface area contributed by atoms with Crippen LogP contribution < -0.4 is 5.76 Å². The van der Waals surface area contributed by atoms with Gasteiger partial charge in [0.1, 0.15) is 5.76 Å². The first kappa shape index (κ1) is 13.2. The summed E-state index contributed by atoms with van der Waals surface area (Å²) in [5.41, 5.74) is 1.87. The van der Waals surface area contributed by atoms with Crippen LogP contribution in [0.5, 0.6) is 0 Å². The first-order valence-electron chi connectivity index (χ1n) is 7.27. The lowest BCUT2D eigenvalue weighted by molar-refractivity contribution is 0.349. The van der Waals surface area contributed by atoms with Gasteiger partial charge in [-0.15, -0.1) is 0 Å². The van der Waals surface area contributed by atoms with Crippen LogP contribution in [0.4, 0.5) is 0 Å². The van der Waals surface area contributed by atoms with Crippen molar-refractivity contribution in [3.05, 3.63) is 39.5 Å². The van der Waals surface area contributed by atoms with Gasteiger partial charge in [-0.3, -0.25) is 4.57 Å². The Hall–Kier alpha value is -1.78. The fraction of sp³-hybridized carbons (Fsp3) is 0.600. The largest absolute Gasteiger partial charge is 0.419 e. The third kappa shape index (κ3) is 2.44. The van der Waals surface area contributed by atoms with Gasteiger partial charge >= 0.3 is 5.76 Å². The summed E-state index contributed by atoms with van der Waals surface area (Å²) in [6, 6.07) is 1.99. The summed E-state index contributed by atoms with van der Waals surface area (Å²) in [4.78, 5) is 11.7. The lowest BCUT2D eigenvalue weighted by atomic mass is 9.87. The Morgan fingerprint density at radius 1 is 1.30 bits per heavy atom. The number of aryl methyl sites for hydroxylation is 1. The van der Waals surface area contributed by atoms with Crippen LogP contribution in [0.2, 0.25) is 0 Å². The van der Waals surface area contributed by atoms with E-state index in [4.69, 9.17) is 8.94 Å². The van der Waals surface area contributed by atoms with Gasteiger partial charge in [-0.05, 0) is 26.7 Å². The van der Waals surface area contributed by atoms with Gasteiger partial charge in [0.25, 0.3) is 0 Å². The number of rotatable bonds is 3. The van der Waals surface area contributed by atoms with Crippen LogP contribution in [0.15, 0.2) is 19.8 Å². The third-order valence-corrected chi connectivity index (χ3v) is 4.29. The molecule has 0 bridgehead atoms. The van der Waals surface area contributed by atoms with E-state index in [1.54, 1.807) is 11.5 Å². The Labute approximate surface area is 117 Å². The van der Waals surface area contributed by atoms with Gasteiger partial charge in [0.05, 0.1) is 17.9 Å². The summed E-state index contributed by atoms with van der Waals surface area (Å²) >= 11 is 0. The van der Waals surface area contributed by atoms with E-state index in [9.17, 15) is 4.79 Å². The second-order valence-electron chi connectivity index (χ2n) is 5.65. The molecule has 0 N–H and O–H groups in total. The Bertz CT molecular complexity index is 644. The number of hydrogen-bond donors (Lipinski definition) is 0. The van der Waals surface area contributed by atoms with Crippen molar-refractivity contribution in [2.75, 3.05) is 0 Å². The lowest BCUT2D eigenvalue weighted by Crippen LogP contribution is -2.16. The van der Waals surface area contributed by atoms with E-state index in [0.717, 1.165) is 17.1 Å². The van der Waals surface area contributed by atoms with E-state index in [2.05, 4.69) is 5.16 Å². The Kier molecular flexibility index (Phi) is 3.51. The molecule has 0 aromatic carbocycles. The SMILES string of the molecule is Cc1oc(=O)n(Cc2cc(C3CCCCC3)no2)c1C. The molecular formula is C15H20N2O3. The highest BCUT2D eigenvalue weighted by Gasteiger charge is 2.20. The highest BCUT2D eigenvalue weighted by atomic mass is 16.5. The lowest BCUT2D eigenvalue weighted by Gasteiger charge is -2.18. The predicted octanol–water partition coefficient (Wildman–Crippen LogP) is 3.14. The molecular weight excluding hydrogens is 256 g/mol. The molecule has 108 valence electrons. The van der Waals surface area contributed by atoms with Crippen LogP contribution in [0, 0.1) is 13.8 Å². The molecule has 2 heterocycles. The smallest absolute Gasteiger partial charge is 0.413 e. The van der Waals surface area contributed by atoms with E-state index in [1.807, 2.05) is 13.0 Å². The summed E-state index contributed by atoms with van der Waals surface area (Å²) in [6.45, 7) is 4.06. The summed E-state index contributed by atoms with van der Waals surface area (Å²) in [5, 5.41) is 4.18. The molecule has 1 saturated carbocycles. The highest BCUT2D eigenvalue weighted by Crippen LogP contribution is 2.32. The maximum Gasteiger partial charge on any atom is 0.419 e. The highest BCUT2D eigenvalue weighted by molar-refractivity contribution is 5.13. The van der Waals surface area contributed by atoms with Crippen molar-refractivity contribution in [3.8, 4) is 0 Å². The quantitative estimate of drug-likeness (QED) is 0.864. The van der Waals surface area contributed by atoms with Gasteiger partial charge < -0.3 is 8.94 Å². The molecule has 0 unspecified atom stereocenters. The van der Waals surface area contributed by atoms with Crippen molar-refractivity contribution < 1.29 is 8.94 Å². The Morgan fingerprint density at radius 2 is 2.05 bits per heavy atom. The van der Waals surface area contributed by atoms with Crippen molar-refractivity contribution in [2.45, 2.75) is 58.4 Å². The van der Waals surface area contributed by atoms with Gasteiger partial charge in [-0.2, -0.15) is 0 Å². The van der Waals surface area contributed by atoms with Gasteiger partial charge in [0.15, 0.2) is 5.76 Å². The van der Waals surface area contributed by atoms with Crippen LogP contribution >= 0.6 is 0 Å². The zero-order valence-corrected chi connectivity index (χ0v) is 12.0. The molecule has 2 aromatic rings. The fourth-order valence-corrected chi connectivity index (χ4v) is 2.92. The van der Waals surface area contributed by atoms with E-state index in [-0.39, 0.29) is 5.76 Å². The molecule has 5 nitrogen and oxygen atoms in total. The van der Waals surface area contributed by atoms with Crippen molar-refractivity contribution in [1.82, 2.24) is 9.72 Å². The average Bonchev–Trinajstić information content (AvgIpc) is 3.01. The van der Waals surface area contributed by atoms with Gasteiger partial charge in [-0.1, -0.05) is 24.4 Å². The molecule has 1 fully saturated rings. The summed E-state index contributed by atoms with van der Waals surface area (Å²) < 4.78 is 12.1. The second kappa shape index (κ2) is 5.31. The molecule has 1 aliphatic carbocycles. The molecule has 0 atom stereocenters. The van der Waals surface area contributed by atoms with Gasteiger partial charge in [0.2, 0.25) is 0 Å². The average molecular weight is 276 g/mol. The standard InChI is InChI=1S/C15H20N2O3/c1-10-11(2)19-15(18)17(10)9-13-8-14(16-20-13)12-6-4-3-5-7-12/h8,12H,3-7,9H2,1-2H3. The van der Waals surface area contributed by atoms with Crippen molar-refractivity contribution in [3.63, 3.8) is 0 Å². The minimum absolute atomic E-state index is 0.337. The maximum atomic E-state index is 11.7. The Morgan fingerprint density at radius 3 is 2.70 bits per heavy atom. The topological polar surface area (TPSA) is 61.2 Å². The minimum Gasteiger partial charge on any atom is -0.413 e. The van der Waals surface area contributed by atoms with Crippen molar-refractivity contribution in [2.24, 2.45) is 0 Å². The molecule has 20 heavy (non-hydrogen) atoms. The van der Waals surface area contributed by atoms with E-state index in [1.165, 1.54) is 32.1 Å². The third-order valence-electron chi connectivity index (χ3n) is 4.29. The summed E-state index contributed by atoms with van der Waals surface area (Å²) in [6.07, 6.45) is 6.24. The number of nitrogens with zero attached hydrogens (tertiary/aromatic N) is 2. The van der Waals surface area contributed by atoms with E-state index >= 15 is 0 Å². The zero-order valence-electron chi connectivity index (χ0n) is 12.0. The molecule has 0 radical (unpaired) electrons. The molecule has 0 saturated heterocycles. The van der Waals surface area contributed by atoms with Crippen LogP contribution in [0.25, 0.3) is 0 Å². The summed E-state index contributed by atoms with van der Waals surface area (Å²) in [5.74, 6) is 1.55. The first-order valence-corrected chi connectivity index (χ1v) is 7.27. The van der Waals surface area contributed by atoms with E-state index in [0.29, 0.717) is 18.2 Å². The molecule has 0 amide bonds. The number of hydrogen-bond acceptors (Lipinski definition) is 4. The zero-order chi connectivity index (χ0) is 14.1. The second-order valence-corrected chi connectivity index (χ2v) is 5.65. The monoisotopic (exact) mass is 276 g/mol. The fourth-order valence-electron chi connectivity index (χ4n) is 2.92. The van der Waals surface area contributed by atoms with Crippen LogP contribution in [-0.4, -0.2) is 9.72 Å². The Balaban J connectivity index is 1.78. The van der Waals surface area contributed by atoms with Gasteiger partial charge in [0, 0.05) is 12.0 Å². The molecule has 0 spiro atoms. The number of oxazole rings is 1. The van der Waals surface area contributed by atoms with Crippen LogP contribution in [-0.2, 0) is 6.54 Å². The van der Waals surface area contributed by atoms with Crippen molar-refractivity contribution >= 4 is 0 Å². The number of aromatic nitrogens is 2. The predicted molar refractivity (Wildman–Crippen MR) is 73.9 cm³/mol. The summed E-state index contributed by atoms with van der Waals surface area (Å²) in [7, 11) is 0. The molecule has 2 aromatic heterocycles. The van der Waals surface area contributed by atoms with Gasteiger partial charge in [-0.25, -0.2) is 4.79 Å². The molecule has 5 heteroatoms. The van der Waals surface area contributed by atoms with Crippen LogP contribution in [0.1, 0.15) is 60.9 Å². The molecule has 1 aliphatic rings. The normalized spacial score (nSPS) is 16.7. The van der Waals surface area contributed by atoms with E-state index < -0.39 is 0 Å². The maximum absolute atomic E-state index is 11.7. The van der Waals surface area contributed by atoms with Crippen LogP contribution in [0.3, 0.4) is 0 Å². The first-order chi connectivity index (χ1) is 9.65. The molecule has 3 rings (SSSR count).